The zero-order chi connectivity index (χ0) is 32.3. The Morgan fingerprint density at radius 2 is 1.94 bits per heavy atom. The summed E-state index contributed by atoms with van der Waals surface area (Å²) in [6.07, 6.45) is 4.44. The normalized spacial score (nSPS) is 21.6. The number of carbonyl (C=O) groups is 4. The first kappa shape index (κ1) is 33.3. The molecule has 3 fully saturated rings. The molecule has 239 valence electrons. The van der Waals surface area contributed by atoms with Crippen LogP contribution in [0.2, 0.25) is 0 Å². The summed E-state index contributed by atoms with van der Waals surface area (Å²) in [5, 5.41) is 36.7. The summed E-state index contributed by atoms with van der Waals surface area (Å²) in [7, 11) is 0. The molecule has 4 N–H and O–H groups in total. The fourth-order valence-corrected chi connectivity index (χ4v) is 7.91. The second-order valence-electron chi connectivity index (χ2n) is 11.6. The van der Waals surface area contributed by atoms with Crippen molar-refractivity contribution >= 4 is 82.5 Å². The predicted molar refractivity (Wildman–Crippen MR) is 172 cm³/mol. The van der Waals surface area contributed by atoms with Crippen LogP contribution in [0.5, 0.6) is 11.5 Å². The van der Waals surface area contributed by atoms with E-state index in [4.69, 9.17) is 0 Å². The number of aromatic nitrogens is 4. The zero-order valence-corrected chi connectivity index (χ0v) is 29.2. The van der Waals surface area contributed by atoms with Gasteiger partial charge in [0.05, 0.1) is 5.75 Å². The SMILES string of the molecule is Cc1cc(SCC(=O)N[C@@H]2C(=O)N3C(C(=O)O)=C(C=C4CCN(CC5CC5)C4=O)CS[C@H]23)n2nc(-c3ccc(O)c(O)c3)nc2n1.[Na]. The largest absolute Gasteiger partial charge is 0.504 e. The summed E-state index contributed by atoms with van der Waals surface area (Å²) in [5.74, 6) is -1.51. The van der Waals surface area contributed by atoms with Crippen molar-refractivity contribution in [2.45, 2.75) is 42.6 Å². The number of nitrogens with zero attached hydrogens (tertiary/aromatic N) is 6. The molecule has 2 aromatic heterocycles. The van der Waals surface area contributed by atoms with Crippen LogP contribution in [-0.4, -0.2) is 134 Å². The maximum absolute atomic E-state index is 13.2. The number of β-lactam (4-membered cyclic amide) rings is 1. The van der Waals surface area contributed by atoms with Gasteiger partial charge in [-0.1, -0.05) is 11.8 Å². The Hall–Kier alpha value is -3.57. The molecule has 3 amide bonds. The molecule has 1 aliphatic carbocycles. The third-order valence-electron chi connectivity index (χ3n) is 8.25. The Morgan fingerprint density at radius 3 is 2.66 bits per heavy atom. The molecule has 14 nitrogen and oxygen atoms in total. The molecule has 3 aliphatic heterocycles. The molecule has 1 saturated carbocycles. The van der Waals surface area contributed by atoms with Crippen LogP contribution in [0.4, 0.5) is 0 Å². The molecule has 2 atom stereocenters. The molecule has 1 radical (unpaired) electrons. The van der Waals surface area contributed by atoms with Crippen LogP contribution in [0, 0.1) is 12.8 Å². The summed E-state index contributed by atoms with van der Waals surface area (Å²) in [6.45, 7) is 3.13. The first-order valence-electron chi connectivity index (χ1n) is 14.7. The molecule has 5 heterocycles. The Morgan fingerprint density at radius 1 is 1.15 bits per heavy atom. The van der Waals surface area contributed by atoms with Crippen LogP contribution in [-0.2, 0) is 19.2 Å². The third kappa shape index (κ3) is 6.48. The van der Waals surface area contributed by atoms with Crippen molar-refractivity contribution in [3.05, 3.63) is 52.9 Å². The summed E-state index contributed by atoms with van der Waals surface area (Å²) < 4.78 is 1.47. The number of hydrogen-bond acceptors (Lipinski definition) is 11. The van der Waals surface area contributed by atoms with Crippen LogP contribution in [0.25, 0.3) is 17.2 Å². The first-order chi connectivity index (χ1) is 22.1. The number of likely N-dealkylation sites (tertiary alicyclic amines) is 1. The predicted octanol–water partition coefficient (Wildman–Crippen LogP) is 1.53. The summed E-state index contributed by atoms with van der Waals surface area (Å²) >= 11 is 2.52. The van der Waals surface area contributed by atoms with E-state index in [2.05, 4.69) is 20.4 Å². The number of fused-ring (bicyclic) bond motifs is 2. The van der Waals surface area contributed by atoms with Gasteiger partial charge in [0.25, 0.3) is 11.7 Å². The van der Waals surface area contributed by atoms with E-state index in [0.717, 1.165) is 31.1 Å². The van der Waals surface area contributed by atoms with Crippen molar-refractivity contribution in [1.29, 1.82) is 0 Å². The average molecular weight is 687 g/mol. The minimum atomic E-state index is -1.25. The molecule has 0 bridgehead atoms. The van der Waals surface area contributed by atoms with E-state index < -0.39 is 29.2 Å². The van der Waals surface area contributed by atoms with E-state index in [9.17, 15) is 34.5 Å². The standard InChI is InChI=1S/C30H29N7O7S2.Na/c1-14-8-22(37-30(31-14)33-25(34-37)16-4-5-19(38)20(39)10-16)45-13-21(40)32-23-27(42)36-24(29(43)44)18(12-46-28(23)36)9-17-6-7-35(26(17)41)11-15-2-3-15;/h4-5,8-10,15,23,28,38-39H,2-3,6-7,11-13H2,1H3,(H,32,40)(H,43,44);/t23-,28-;/m1./s1. The number of hydrogen-bond donors (Lipinski definition) is 4. The average Bonchev–Trinajstić information content (AvgIpc) is 3.65. The van der Waals surface area contributed by atoms with Gasteiger partial charge in [-0.15, -0.1) is 16.9 Å². The number of aryl methyl sites for hydroxylation is 1. The van der Waals surface area contributed by atoms with Gasteiger partial charge in [0.2, 0.25) is 11.8 Å². The van der Waals surface area contributed by atoms with Gasteiger partial charge in [-0.05, 0) is 68.0 Å². The van der Waals surface area contributed by atoms with Gasteiger partial charge in [0, 0.05) is 65.2 Å². The number of carbonyl (C=O) groups excluding carboxylic acids is 3. The number of nitrogens with one attached hydrogen (secondary N) is 1. The molecule has 0 spiro atoms. The van der Waals surface area contributed by atoms with Gasteiger partial charge in [-0.2, -0.15) is 9.50 Å². The summed E-state index contributed by atoms with van der Waals surface area (Å²) in [4.78, 5) is 63.2. The number of phenols is 2. The molecule has 0 unspecified atom stereocenters. The van der Waals surface area contributed by atoms with Gasteiger partial charge in [0.15, 0.2) is 17.3 Å². The molecule has 17 heteroatoms. The minimum Gasteiger partial charge on any atom is -0.504 e. The van der Waals surface area contributed by atoms with Crippen molar-refractivity contribution in [2.24, 2.45) is 5.92 Å². The number of carboxylic acids is 1. The second kappa shape index (κ2) is 13.1. The number of aliphatic carboxylic acids is 1. The number of benzene rings is 1. The number of allylic oxidation sites excluding steroid dienone is 1. The van der Waals surface area contributed by atoms with Gasteiger partial charge in [0.1, 0.15) is 22.1 Å². The Bertz CT molecular complexity index is 1890. The molecule has 2 saturated heterocycles. The monoisotopic (exact) mass is 686 g/mol. The van der Waals surface area contributed by atoms with E-state index >= 15 is 0 Å². The molecule has 1 aromatic carbocycles. The third-order valence-corrected chi connectivity index (χ3v) is 10.5. The maximum atomic E-state index is 13.2. The van der Waals surface area contributed by atoms with E-state index in [0.29, 0.717) is 46.3 Å². The number of amides is 3. The van der Waals surface area contributed by atoms with Crippen LogP contribution in [0.3, 0.4) is 0 Å². The van der Waals surface area contributed by atoms with E-state index in [1.165, 1.54) is 33.3 Å². The fraction of sp³-hybridized carbons (Fsp3) is 0.367. The van der Waals surface area contributed by atoms with Crippen LogP contribution < -0.4 is 5.32 Å². The molecular formula is C30H29N7NaO7S2. The van der Waals surface area contributed by atoms with E-state index in [-0.39, 0.29) is 75.8 Å². The van der Waals surface area contributed by atoms with Crippen molar-refractivity contribution < 1.29 is 34.5 Å². The zero-order valence-electron chi connectivity index (χ0n) is 25.5. The number of phenolic OH excluding ortho intramolecular Hbond substituents is 2. The number of thioether (sulfide) groups is 2. The number of rotatable bonds is 9. The Kier molecular flexibility index (Phi) is 9.32. The van der Waals surface area contributed by atoms with Gasteiger partial charge in [-0.25, -0.2) is 9.78 Å². The van der Waals surface area contributed by atoms with Crippen LogP contribution in [0.15, 0.2) is 52.2 Å². The van der Waals surface area contributed by atoms with Crippen LogP contribution >= 0.6 is 23.5 Å². The van der Waals surface area contributed by atoms with Crippen molar-refractivity contribution in [3.63, 3.8) is 0 Å². The summed E-state index contributed by atoms with van der Waals surface area (Å²) in [6, 6.07) is 5.08. The number of aromatic hydroxyl groups is 2. The topological polar surface area (TPSA) is 191 Å². The van der Waals surface area contributed by atoms with Crippen LogP contribution in [0.1, 0.15) is 25.0 Å². The number of carboxylic acid groups (broad SMARTS) is 1. The Balaban J connectivity index is 0.00000386. The molecule has 3 aromatic rings. The van der Waals surface area contributed by atoms with Crippen molar-refractivity contribution in [1.82, 2.24) is 34.7 Å². The quantitative estimate of drug-likeness (QED) is 0.0635. The summed E-state index contributed by atoms with van der Waals surface area (Å²) in [5.41, 5.74) is 1.94. The maximum Gasteiger partial charge on any atom is 0.352 e. The van der Waals surface area contributed by atoms with Crippen molar-refractivity contribution in [3.8, 4) is 22.9 Å². The Labute approximate surface area is 299 Å². The van der Waals surface area contributed by atoms with Crippen molar-refractivity contribution in [2.75, 3.05) is 24.6 Å². The smallest absolute Gasteiger partial charge is 0.352 e. The van der Waals surface area contributed by atoms with Gasteiger partial charge < -0.3 is 25.5 Å². The van der Waals surface area contributed by atoms with E-state index in [1.807, 2.05) is 4.90 Å². The fourth-order valence-electron chi connectivity index (χ4n) is 5.75. The molecule has 4 aliphatic rings. The van der Waals surface area contributed by atoms with Gasteiger partial charge in [-0.3, -0.25) is 19.3 Å². The second-order valence-corrected chi connectivity index (χ2v) is 13.7. The molecule has 7 rings (SSSR count). The van der Waals surface area contributed by atoms with Gasteiger partial charge >= 0.3 is 5.97 Å². The minimum absolute atomic E-state index is 0. The molecular weight excluding hydrogens is 657 g/mol. The first-order valence-corrected chi connectivity index (χ1v) is 16.7. The van der Waals surface area contributed by atoms with E-state index in [1.54, 1.807) is 25.1 Å². The molecule has 47 heavy (non-hydrogen) atoms.